The number of aromatic hydroxyl groups is 1. The predicted molar refractivity (Wildman–Crippen MR) is 298 cm³/mol. The second kappa shape index (κ2) is 24.8. The number of hydrogen-bond acceptors (Lipinski definition) is 25. The van der Waals surface area contributed by atoms with Crippen LogP contribution in [0.2, 0.25) is 0 Å². The van der Waals surface area contributed by atoms with Crippen molar-refractivity contribution in [3.05, 3.63) is 94.5 Å². The molecule has 434 valence electrons. The van der Waals surface area contributed by atoms with E-state index in [9.17, 15) is 80.9 Å². The Morgan fingerprint density at radius 1 is 0.707 bits per heavy atom. The number of aromatic nitrogens is 3. The van der Waals surface area contributed by atoms with E-state index in [4.69, 9.17) is 9.29 Å². The number of aliphatic hydroxyl groups is 2. The maximum atomic E-state index is 12.6. The Morgan fingerprint density at radius 3 is 1.98 bits per heavy atom. The molecule has 0 atom stereocenters. The van der Waals surface area contributed by atoms with Crippen LogP contribution in [0.1, 0.15) is 40.7 Å². The molecule has 8 N–H and O–H groups in total. The summed E-state index contributed by atoms with van der Waals surface area (Å²) in [4.78, 5) is 7.68. The Hall–Kier alpha value is -7.09. The lowest BCUT2D eigenvalue weighted by Crippen LogP contribution is -2.08. The standard InChI is InChI=1S/C45H40N10O16S6.CH4O3S/c1-23-13-34(51-53-40-24(2)30(20-46)43-47-31-7-3-4-8-36(31)55(43)44(40)58)37(71-9-5-11-74(59,60)61)18-32(23)49-52-35-15-26(22-57)33(19-38(35)72-10-6-12-75(62,63)64)50-54-45-48-41-39(77(68,69)70)17-28-25(21-56)14-27(76(65,66)67)16-29(28)42(41)73-45;1-5(2,3)4/h3-4,7-8,13-19,56-58H,5-6,9-12,21-22H2,1-2H3,(H,59,60,61)(H,62,63,64)(H,65,66,67)(H,68,69,70);1H3,(H,2,3,4). The summed E-state index contributed by atoms with van der Waals surface area (Å²) in [6.07, 6.45) is 0.514. The van der Waals surface area contributed by atoms with Gasteiger partial charge in [0.15, 0.2) is 11.3 Å². The molecule has 0 unspecified atom stereocenters. The van der Waals surface area contributed by atoms with E-state index in [0.29, 0.717) is 34.2 Å². The van der Waals surface area contributed by atoms with Crippen molar-refractivity contribution in [1.82, 2.24) is 14.4 Å². The predicted octanol–water partition coefficient (Wildman–Crippen LogP) is 8.70. The number of aliphatic hydroxyl groups excluding tert-OH is 2. The van der Waals surface area contributed by atoms with Crippen LogP contribution in [-0.2, 0) is 63.8 Å². The van der Waals surface area contributed by atoms with Crippen molar-refractivity contribution in [3.63, 3.8) is 0 Å². The number of benzene rings is 5. The summed E-state index contributed by atoms with van der Waals surface area (Å²) in [5.41, 5.74) is 1.85. The summed E-state index contributed by atoms with van der Waals surface area (Å²) >= 11 is 1.76. The molecule has 0 saturated heterocycles. The zero-order chi connectivity index (χ0) is 60.3. The summed E-state index contributed by atoms with van der Waals surface area (Å²) in [6, 6.07) is 17.6. The number of azo groups is 3. The van der Waals surface area contributed by atoms with Crippen LogP contribution in [0.5, 0.6) is 11.6 Å². The second-order valence-electron chi connectivity index (χ2n) is 17.4. The first kappa shape index (κ1) is 62.5. The smallest absolute Gasteiger partial charge is 0.296 e. The van der Waals surface area contributed by atoms with Crippen LogP contribution >= 0.6 is 23.1 Å². The second-order valence-corrected chi connectivity index (χ2v) is 26.9. The Morgan fingerprint density at radius 2 is 1.34 bits per heavy atom. The van der Waals surface area contributed by atoms with Crippen molar-refractivity contribution in [1.29, 1.82) is 5.26 Å². The number of nitrogens with zero attached hydrogens (tertiary/aromatic N) is 10. The molecule has 8 aromatic rings. The van der Waals surface area contributed by atoms with E-state index in [1.54, 1.807) is 38.1 Å². The number of thioether (sulfide) groups is 1. The Balaban J connectivity index is 0.00000185. The molecular weight excluding hydrogens is 1220 g/mol. The van der Waals surface area contributed by atoms with Gasteiger partial charge < -0.3 is 20.1 Å². The van der Waals surface area contributed by atoms with Gasteiger partial charge in [-0.2, -0.15) is 52.5 Å². The summed E-state index contributed by atoms with van der Waals surface area (Å²) in [5, 5.41) is 68.0. The van der Waals surface area contributed by atoms with Crippen LogP contribution in [0.3, 0.4) is 0 Å². The van der Waals surface area contributed by atoms with Gasteiger partial charge in [0.25, 0.3) is 50.6 Å². The maximum absolute atomic E-state index is 12.6. The molecule has 29 nitrogen and oxygen atoms in total. The lowest BCUT2D eigenvalue weighted by atomic mass is 10.0. The molecule has 0 bridgehead atoms. The van der Waals surface area contributed by atoms with Gasteiger partial charge in [-0.05, 0) is 97.5 Å². The van der Waals surface area contributed by atoms with Crippen LogP contribution in [0.15, 0.2) is 112 Å². The van der Waals surface area contributed by atoms with Gasteiger partial charge in [-0.3, -0.25) is 27.2 Å². The number of ether oxygens (including phenoxy) is 1. The molecule has 36 heteroatoms. The fourth-order valence-corrected chi connectivity index (χ4v) is 12.1. The molecular formula is C46H44N10O19S7. The van der Waals surface area contributed by atoms with Gasteiger partial charge >= 0.3 is 0 Å². The number of hydrogen-bond donors (Lipinski definition) is 8. The molecule has 0 aliphatic rings. The highest BCUT2D eigenvalue weighted by Crippen LogP contribution is 2.44. The minimum Gasteiger partial charge on any atom is -0.493 e. The van der Waals surface area contributed by atoms with Crippen molar-refractivity contribution in [2.45, 2.75) is 54.6 Å². The Bertz CT molecular complexity index is 4590. The monoisotopic (exact) mass is 1260 g/mol. The number of rotatable bonds is 20. The van der Waals surface area contributed by atoms with E-state index in [1.165, 1.54) is 28.7 Å². The zero-order valence-electron chi connectivity index (χ0n) is 42.4. The van der Waals surface area contributed by atoms with Crippen molar-refractivity contribution >= 4 is 145 Å². The highest BCUT2D eigenvalue weighted by molar-refractivity contribution is 7.99. The number of pyridine rings is 1. The molecule has 0 saturated carbocycles. The summed E-state index contributed by atoms with van der Waals surface area (Å²) in [7, 11) is -22.2. The van der Waals surface area contributed by atoms with Crippen molar-refractivity contribution in [2.75, 3.05) is 30.1 Å². The third kappa shape index (κ3) is 15.3. The van der Waals surface area contributed by atoms with Gasteiger partial charge in [-0.1, -0.05) is 23.5 Å². The van der Waals surface area contributed by atoms with E-state index in [1.807, 2.05) is 0 Å². The van der Waals surface area contributed by atoms with E-state index < -0.39 is 85.1 Å². The summed E-state index contributed by atoms with van der Waals surface area (Å²) < 4.78 is 167. The lowest BCUT2D eigenvalue weighted by Gasteiger charge is -2.12. The van der Waals surface area contributed by atoms with Gasteiger partial charge in [0.05, 0.1) is 75.3 Å². The normalized spacial score (nSPS) is 12.8. The number of thiazole rings is 1. The van der Waals surface area contributed by atoms with E-state index in [-0.39, 0.29) is 124 Å². The van der Waals surface area contributed by atoms with Gasteiger partial charge in [-0.25, -0.2) is 9.97 Å². The molecule has 0 amide bonds. The van der Waals surface area contributed by atoms with Crippen LogP contribution in [0, 0.1) is 25.2 Å². The molecule has 0 fully saturated rings. The van der Waals surface area contributed by atoms with Crippen molar-refractivity contribution in [2.24, 2.45) is 30.7 Å². The first-order valence-corrected chi connectivity index (χ1v) is 32.8. The minimum absolute atomic E-state index is 0.00547. The lowest BCUT2D eigenvalue weighted by molar-refractivity contribution is 0.282. The van der Waals surface area contributed by atoms with Crippen LogP contribution in [-0.4, -0.2) is 125 Å². The molecule has 0 aliphatic heterocycles. The van der Waals surface area contributed by atoms with E-state index in [2.05, 4.69) is 46.7 Å². The van der Waals surface area contributed by atoms with Gasteiger partial charge in [0.1, 0.15) is 33.5 Å². The van der Waals surface area contributed by atoms with Gasteiger partial charge in [0.2, 0.25) is 11.0 Å². The quantitative estimate of drug-likeness (QED) is 0.0153. The summed E-state index contributed by atoms with van der Waals surface area (Å²) in [5.74, 6) is -1.54. The maximum Gasteiger partial charge on any atom is 0.296 e. The fraction of sp³-hybridized carbons (Fsp3) is 0.239. The molecule has 5 aromatic carbocycles. The number of nitriles is 1. The fourth-order valence-electron chi connectivity index (χ4n) is 7.77. The van der Waals surface area contributed by atoms with Crippen LogP contribution in [0.4, 0.5) is 33.6 Å². The zero-order valence-corrected chi connectivity index (χ0v) is 48.1. The van der Waals surface area contributed by atoms with Crippen LogP contribution < -0.4 is 4.74 Å². The third-order valence-electron chi connectivity index (χ3n) is 11.4. The molecule has 0 aliphatic carbocycles. The van der Waals surface area contributed by atoms with Crippen molar-refractivity contribution in [3.8, 4) is 17.7 Å². The molecule has 8 rings (SSSR count). The Labute approximate surface area is 474 Å². The number of aryl methyl sites for hydroxylation is 1. The molecule has 0 spiro atoms. The molecule has 82 heavy (non-hydrogen) atoms. The largest absolute Gasteiger partial charge is 0.493 e. The average Bonchev–Trinajstić information content (AvgIpc) is 4.13. The topological polar surface area (TPSA) is 470 Å². The Kier molecular flexibility index (Phi) is 18.9. The van der Waals surface area contributed by atoms with Crippen LogP contribution in [0.25, 0.3) is 37.7 Å². The first-order valence-electron chi connectivity index (χ1n) is 23.0. The average molecular weight is 1270 g/mol. The van der Waals surface area contributed by atoms with E-state index >= 15 is 0 Å². The highest BCUT2D eigenvalue weighted by Gasteiger charge is 2.25. The highest BCUT2D eigenvalue weighted by atomic mass is 32.2. The van der Waals surface area contributed by atoms with Gasteiger partial charge in [-0.15, -0.1) is 37.3 Å². The first-order chi connectivity index (χ1) is 38.3. The summed E-state index contributed by atoms with van der Waals surface area (Å²) in [6.45, 7) is 1.46. The minimum atomic E-state index is -5.00. The molecule has 3 aromatic heterocycles. The number of fused-ring (bicyclic) bond motifs is 6. The number of imidazole rings is 1. The SMILES string of the molecule is CS(=O)(=O)O.Cc1cc(N=Nc2c(C)c(C#N)c3nc4ccccc4n3c2O)c(OCCCS(=O)(=O)O)cc1N=Nc1cc(CO)c(N=Nc2nc3c(S(=O)(=O)O)cc4c(CO)cc(S(=O)(=O)O)cc4c3s2)cc1SCCCS(=O)(=O)O. The number of para-hydroxylation sites is 2. The van der Waals surface area contributed by atoms with Crippen molar-refractivity contribution < 1.29 is 84.9 Å². The van der Waals surface area contributed by atoms with E-state index in [0.717, 1.165) is 30.0 Å². The third-order valence-corrected chi connectivity index (χ3v) is 16.8. The molecule has 3 heterocycles. The van der Waals surface area contributed by atoms with Gasteiger partial charge in [0, 0.05) is 27.5 Å². The molecule has 0 radical (unpaired) electrons.